The highest BCUT2D eigenvalue weighted by Crippen LogP contribution is 2.37. The fourth-order valence-corrected chi connectivity index (χ4v) is 5.09. The van der Waals surface area contributed by atoms with Gasteiger partial charge in [-0.15, -0.1) is 0 Å². The van der Waals surface area contributed by atoms with Gasteiger partial charge in [-0.3, -0.25) is 4.79 Å². The number of halogens is 1. The normalized spacial score (nSPS) is 17.4. The van der Waals surface area contributed by atoms with Crippen molar-refractivity contribution in [1.29, 1.82) is 0 Å². The van der Waals surface area contributed by atoms with Gasteiger partial charge in [0, 0.05) is 23.7 Å². The number of benzene rings is 2. The van der Waals surface area contributed by atoms with Crippen molar-refractivity contribution >= 4 is 17.5 Å². The summed E-state index contributed by atoms with van der Waals surface area (Å²) in [6.07, 6.45) is 4.45. The van der Waals surface area contributed by atoms with Gasteiger partial charge in [0.1, 0.15) is 11.4 Å². The van der Waals surface area contributed by atoms with Crippen LogP contribution in [0.5, 0.6) is 5.75 Å². The lowest BCUT2D eigenvalue weighted by Crippen LogP contribution is -2.38. The number of rotatable bonds is 10. The highest BCUT2D eigenvalue weighted by Gasteiger charge is 2.23. The van der Waals surface area contributed by atoms with Crippen molar-refractivity contribution in [2.24, 2.45) is 0 Å². The monoisotopic (exact) mass is 535 g/mol. The number of nitrogens with zero attached hydrogens (tertiary/aromatic N) is 2. The molecule has 1 aliphatic rings. The summed E-state index contributed by atoms with van der Waals surface area (Å²) in [5.74, 6) is 0.409. The number of aliphatic hydroxyl groups excluding tert-OH is 1. The summed E-state index contributed by atoms with van der Waals surface area (Å²) in [5.41, 5.74) is 5.19. The van der Waals surface area contributed by atoms with Gasteiger partial charge >= 0.3 is 0 Å². The Bertz CT molecular complexity index is 1240. The molecule has 1 aliphatic carbocycles. The number of hydrogen-bond donors (Lipinski definition) is 2. The maximum atomic E-state index is 13.2. The minimum absolute atomic E-state index is 0.0503. The van der Waals surface area contributed by atoms with Crippen LogP contribution < -0.4 is 10.1 Å². The molecule has 0 spiro atoms. The molecule has 3 aromatic rings. The minimum atomic E-state index is -0.269. The summed E-state index contributed by atoms with van der Waals surface area (Å²) in [5, 5.41) is 13.5. The average molecular weight is 536 g/mol. The standard InChI is InChI=1S/C31H38ClN3O3/c1-4-21-8-5-6-9-25(21)26-15-17-28(31(37)33-23-11-13-24(36)14-12-23)34-30(26)22-10-16-27(32)29(20-22)38-19-7-18-35(2)3/h5-6,8-10,15-17,20,23-24,36H,4,7,11-14,18-19H2,1-3H3,(H,33,37). The molecule has 1 aromatic heterocycles. The van der Waals surface area contributed by atoms with Gasteiger partial charge in [-0.25, -0.2) is 4.98 Å². The molecule has 0 unspecified atom stereocenters. The Kier molecular flexibility index (Phi) is 9.78. The van der Waals surface area contributed by atoms with Crippen molar-refractivity contribution in [3.05, 3.63) is 70.9 Å². The van der Waals surface area contributed by atoms with E-state index in [1.54, 1.807) is 6.07 Å². The number of hydrogen-bond acceptors (Lipinski definition) is 5. The molecule has 2 aromatic carbocycles. The second kappa shape index (κ2) is 13.2. The summed E-state index contributed by atoms with van der Waals surface area (Å²) in [7, 11) is 4.07. The molecule has 1 saturated carbocycles. The molecule has 2 N–H and O–H groups in total. The van der Waals surface area contributed by atoms with Crippen LogP contribution in [0.4, 0.5) is 0 Å². The van der Waals surface area contributed by atoms with Crippen molar-refractivity contribution in [2.75, 3.05) is 27.2 Å². The molecule has 0 bridgehead atoms. The van der Waals surface area contributed by atoms with Crippen LogP contribution in [0.15, 0.2) is 54.6 Å². The predicted octanol–water partition coefficient (Wildman–Crippen LogP) is 6.00. The SMILES string of the molecule is CCc1ccccc1-c1ccc(C(=O)NC2CCC(O)CC2)nc1-c1ccc(Cl)c(OCCCN(C)C)c1. The smallest absolute Gasteiger partial charge is 0.270 e. The zero-order valence-corrected chi connectivity index (χ0v) is 23.3. The third kappa shape index (κ3) is 7.13. The highest BCUT2D eigenvalue weighted by molar-refractivity contribution is 6.32. The van der Waals surface area contributed by atoms with Gasteiger partial charge < -0.3 is 20.1 Å². The lowest BCUT2D eigenvalue weighted by molar-refractivity contribution is 0.0863. The largest absolute Gasteiger partial charge is 0.492 e. The molecule has 4 rings (SSSR count). The first-order valence-corrected chi connectivity index (χ1v) is 13.9. The van der Waals surface area contributed by atoms with Crippen LogP contribution in [-0.2, 0) is 6.42 Å². The fourth-order valence-electron chi connectivity index (χ4n) is 4.92. The summed E-state index contributed by atoms with van der Waals surface area (Å²) in [6.45, 7) is 3.61. The van der Waals surface area contributed by atoms with Crippen molar-refractivity contribution in [3.63, 3.8) is 0 Å². The summed E-state index contributed by atoms with van der Waals surface area (Å²) < 4.78 is 6.04. The predicted molar refractivity (Wildman–Crippen MR) is 154 cm³/mol. The zero-order valence-electron chi connectivity index (χ0n) is 22.5. The van der Waals surface area contributed by atoms with E-state index in [1.807, 2.05) is 50.5 Å². The third-order valence-corrected chi connectivity index (χ3v) is 7.37. The molecule has 6 nitrogen and oxygen atoms in total. The number of aryl methyl sites for hydroxylation is 1. The second-order valence-corrected chi connectivity index (χ2v) is 10.6. The topological polar surface area (TPSA) is 74.7 Å². The molecule has 1 heterocycles. The van der Waals surface area contributed by atoms with Gasteiger partial charge in [-0.05, 0) is 88.0 Å². The molecule has 0 radical (unpaired) electrons. The van der Waals surface area contributed by atoms with Crippen molar-refractivity contribution in [2.45, 2.75) is 57.6 Å². The quantitative estimate of drug-likeness (QED) is 0.312. The maximum absolute atomic E-state index is 13.2. The van der Waals surface area contributed by atoms with Gasteiger partial charge in [-0.1, -0.05) is 48.9 Å². The number of ether oxygens (including phenoxy) is 1. The second-order valence-electron chi connectivity index (χ2n) is 10.2. The van der Waals surface area contributed by atoms with E-state index in [2.05, 4.69) is 29.3 Å². The number of amides is 1. The van der Waals surface area contributed by atoms with E-state index in [0.717, 1.165) is 48.9 Å². The zero-order chi connectivity index (χ0) is 27.1. The number of carbonyl (C=O) groups excluding carboxylic acids is 1. The highest BCUT2D eigenvalue weighted by atomic mass is 35.5. The fraction of sp³-hybridized carbons (Fsp3) is 0.419. The van der Waals surface area contributed by atoms with E-state index >= 15 is 0 Å². The van der Waals surface area contributed by atoms with E-state index in [9.17, 15) is 9.90 Å². The average Bonchev–Trinajstić information content (AvgIpc) is 2.92. The van der Waals surface area contributed by atoms with Crippen LogP contribution in [-0.4, -0.2) is 60.3 Å². The maximum Gasteiger partial charge on any atom is 0.270 e. The first-order valence-electron chi connectivity index (χ1n) is 13.5. The molecular weight excluding hydrogens is 498 g/mol. The Hall–Kier alpha value is -2.93. The van der Waals surface area contributed by atoms with Crippen molar-refractivity contribution in [1.82, 2.24) is 15.2 Å². The van der Waals surface area contributed by atoms with Crippen molar-refractivity contribution in [3.8, 4) is 28.1 Å². The lowest BCUT2D eigenvalue weighted by Gasteiger charge is -2.26. The summed E-state index contributed by atoms with van der Waals surface area (Å²) in [4.78, 5) is 20.2. The Morgan fingerprint density at radius 2 is 1.84 bits per heavy atom. The number of carbonyl (C=O) groups is 1. The van der Waals surface area contributed by atoms with E-state index in [0.29, 0.717) is 41.6 Å². The number of aromatic nitrogens is 1. The number of pyridine rings is 1. The Labute approximate surface area is 231 Å². The van der Waals surface area contributed by atoms with Gasteiger partial charge in [0.05, 0.1) is 23.4 Å². The van der Waals surface area contributed by atoms with E-state index in [-0.39, 0.29) is 18.1 Å². The van der Waals surface area contributed by atoms with E-state index in [1.165, 1.54) is 5.56 Å². The molecular formula is C31H38ClN3O3. The molecule has 0 aliphatic heterocycles. The summed E-state index contributed by atoms with van der Waals surface area (Å²) in [6, 6.07) is 17.8. The third-order valence-electron chi connectivity index (χ3n) is 7.06. The van der Waals surface area contributed by atoms with Crippen LogP contribution in [0.25, 0.3) is 22.4 Å². The van der Waals surface area contributed by atoms with Gasteiger partial charge in [0.25, 0.3) is 5.91 Å². The molecule has 0 atom stereocenters. The first-order chi connectivity index (χ1) is 18.4. The van der Waals surface area contributed by atoms with Crippen LogP contribution in [0.3, 0.4) is 0 Å². The minimum Gasteiger partial charge on any atom is -0.492 e. The van der Waals surface area contributed by atoms with E-state index in [4.69, 9.17) is 21.3 Å². The van der Waals surface area contributed by atoms with Gasteiger partial charge in [0.15, 0.2) is 0 Å². The first kappa shape index (κ1) is 28.1. The van der Waals surface area contributed by atoms with Crippen LogP contribution in [0, 0.1) is 0 Å². The number of aliphatic hydroxyl groups is 1. The van der Waals surface area contributed by atoms with Crippen LogP contribution in [0.2, 0.25) is 5.02 Å². The van der Waals surface area contributed by atoms with E-state index < -0.39 is 0 Å². The molecule has 7 heteroatoms. The van der Waals surface area contributed by atoms with Crippen molar-refractivity contribution < 1.29 is 14.6 Å². The van der Waals surface area contributed by atoms with Gasteiger partial charge in [0.2, 0.25) is 0 Å². The molecule has 202 valence electrons. The van der Waals surface area contributed by atoms with Crippen LogP contribution in [0.1, 0.15) is 55.1 Å². The lowest BCUT2D eigenvalue weighted by atomic mass is 9.92. The van der Waals surface area contributed by atoms with Crippen LogP contribution >= 0.6 is 11.6 Å². The summed E-state index contributed by atoms with van der Waals surface area (Å²) >= 11 is 6.49. The molecule has 1 fully saturated rings. The number of nitrogens with one attached hydrogen (secondary N) is 1. The van der Waals surface area contributed by atoms with Gasteiger partial charge in [-0.2, -0.15) is 0 Å². The molecule has 38 heavy (non-hydrogen) atoms. The molecule has 0 saturated heterocycles. The Morgan fingerprint density at radius 1 is 1.08 bits per heavy atom. The Morgan fingerprint density at radius 3 is 2.58 bits per heavy atom. The Balaban J connectivity index is 1.69. The molecule has 1 amide bonds.